The summed E-state index contributed by atoms with van der Waals surface area (Å²) in [7, 11) is 0. The van der Waals surface area contributed by atoms with Gasteiger partial charge in [0.1, 0.15) is 0 Å². The van der Waals surface area contributed by atoms with Gasteiger partial charge < -0.3 is 0 Å². The maximum atomic E-state index is 14.3. The minimum atomic E-state index is -7.96. The van der Waals surface area contributed by atoms with Gasteiger partial charge in [-0.05, 0) is 11.1 Å². The van der Waals surface area contributed by atoms with E-state index in [0.717, 1.165) is 0 Å². The summed E-state index contributed by atoms with van der Waals surface area (Å²) in [5.74, 6) is -44.1. The third-order valence-electron chi connectivity index (χ3n) is 5.41. The first-order valence-corrected chi connectivity index (χ1v) is 10.2. The van der Waals surface area contributed by atoms with Crippen molar-refractivity contribution in [2.45, 2.75) is 60.7 Å². The molecule has 0 N–H and O–H groups in total. The Kier molecular flexibility index (Phi) is 8.28. The van der Waals surface area contributed by atoms with Crippen LogP contribution in [0.5, 0.6) is 0 Å². The molecule has 0 atom stereocenters. The standard InChI is InChI=1S/C22H12F18/c23-15(24,25)9-11-1-5-13(6-2-11)17(29,30)19(33,34)21(37,38)22(39,40)20(35,36)18(31,32)14-7-3-12(4-8-14)10-16(26,27)28/h1-8H,9-10H2. The van der Waals surface area contributed by atoms with Crippen molar-refractivity contribution in [3.05, 3.63) is 70.8 Å². The van der Waals surface area contributed by atoms with Gasteiger partial charge in [0.05, 0.1) is 12.8 Å². The van der Waals surface area contributed by atoms with Crippen molar-refractivity contribution < 1.29 is 79.0 Å². The number of alkyl halides is 18. The zero-order valence-corrected chi connectivity index (χ0v) is 18.8. The van der Waals surface area contributed by atoms with Crippen LogP contribution in [0.3, 0.4) is 0 Å². The van der Waals surface area contributed by atoms with E-state index in [1.54, 1.807) is 0 Å². The van der Waals surface area contributed by atoms with Crippen LogP contribution in [0.25, 0.3) is 0 Å². The minimum absolute atomic E-state index is 0.0638. The molecule has 0 spiro atoms. The molecule has 0 bridgehead atoms. The van der Waals surface area contributed by atoms with E-state index in [4.69, 9.17) is 0 Å². The molecule has 18 heteroatoms. The van der Waals surface area contributed by atoms with Crippen LogP contribution in [0.15, 0.2) is 48.5 Å². The summed E-state index contributed by atoms with van der Waals surface area (Å²) in [4.78, 5) is 0. The summed E-state index contributed by atoms with van der Waals surface area (Å²) < 4.78 is 245. The minimum Gasteiger partial charge on any atom is -0.194 e. The number of hydrogen-bond acceptors (Lipinski definition) is 0. The monoisotopic (exact) mass is 618 g/mol. The van der Waals surface area contributed by atoms with E-state index in [0.29, 0.717) is 0 Å². The van der Waals surface area contributed by atoms with E-state index in [1.165, 1.54) is 0 Å². The van der Waals surface area contributed by atoms with Crippen molar-refractivity contribution >= 4 is 0 Å². The molecule has 0 fully saturated rings. The molecule has 0 heterocycles. The average Bonchev–Trinajstić information content (AvgIpc) is 2.77. The average molecular weight is 618 g/mol. The lowest BCUT2D eigenvalue weighted by Crippen LogP contribution is -2.69. The highest BCUT2D eigenvalue weighted by Gasteiger charge is 2.90. The third-order valence-corrected chi connectivity index (χ3v) is 5.41. The first kappa shape index (κ1) is 33.4. The Labute approximate surface area is 211 Å². The fourth-order valence-electron chi connectivity index (χ4n) is 3.28. The van der Waals surface area contributed by atoms with E-state index in [1.807, 2.05) is 0 Å². The SMILES string of the molecule is FC(F)(F)Cc1ccc(C(F)(F)C(F)(F)C(F)(F)C(F)(F)C(F)(F)C(F)(F)c2ccc(CC(F)(F)F)cc2)cc1. The van der Waals surface area contributed by atoms with Crippen LogP contribution >= 0.6 is 0 Å². The highest BCUT2D eigenvalue weighted by atomic mass is 19.4. The van der Waals surface area contributed by atoms with Crippen LogP contribution in [0, 0.1) is 0 Å². The lowest BCUT2D eigenvalue weighted by atomic mass is 9.86. The van der Waals surface area contributed by atoms with Crippen molar-refractivity contribution in [1.82, 2.24) is 0 Å². The molecule has 0 aliphatic heterocycles. The zero-order valence-electron chi connectivity index (χ0n) is 18.8. The molecular formula is C22H12F18. The summed E-state index contributed by atoms with van der Waals surface area (Å²) in [6.07, 6.45) is -13.6. The summed E-state index contributed by atoms with van der Waals surface area (Å²) in [5, 5.41) is 0. The van der Waals surface area contributed by atoms with Crippen LogP contribution in [0.4, 0.5) is 79.0 Å². The predicted octanol–water partition coefficient (Wildman–Crippen LogP) is 9.32. The fourth-order valence-corrected chi connectivity index (χ4v) is 3.28. The van der Waals surface area contributed by atoms with Gasteiger partial charge in [0.15, 0.2) is 0 Å². The Bertz CT molecular complexity index is 1060. The molecule has 0 amide bonds. The molecule has 2 aromatic carbocycles. The van der Waals surface area contributed by atoms with Gasteiger partial charge in [-0.15, -0.1) is 0 Å². The molecule has 0 nitrogen and oxygen atoms in total. The Morgan fingerprint density at radius 2 is 0.550 bits per heavy atom. The second kappa shape index (κ2) is 9.92. The van der Waals surface area contributed by atoms with E-state index < -0.39 is 83.0 Å². The molecule has 0 radical (unpaired) electrons. The third kappa shape index (κ3) is 5.80. The predicted molar refractivity (Wildman–Crippen MR) is 100.0 cm³/mol. The van der Waals surface area contributed by atoms with E-state index >= 15 is 0 Å². The molecule has 0 saturated carbocycles. The van der Waals surface area contributed by atoms with Crippen molar-refractivity contribution in [2.24, 2.45) is 0 Å². The quantitative estimate of drug-likeness (QED) is 0.246. The van der Waals surface area contributed by atoms with Gasteiger partial charge in [-0.3, -0.25) is 0 Å². The van der Waals surface area contributed by atoms with E-state index in [2.05, 4.69) is 0 Å². The van der Waals surface area contributed by atoms with Gasteiger partial charge in [0.25, 0.3) is 0 Å². The Morgan fingerprint density at radius 1 is 0.325 bits per heavy atom. The second-order valence-electron chi connectivity index (χ2n) is 8.42. The second-order valence-corrected chi connectivity index (χ2v) is 8.42. The number of benzene rings is 2. The molecular weight excluding hydrogens is 606 g/mol. The van der Waals surface area contributed by atoms with Crippen molar-refractivity contribution in [1.29, 1.82) is 0 Å². The molecule has 2 rings (SSSR count). The van der Waals surface area contributed by atoms with Crippen molar-refractivity contribution in [3.8, 4) is 0 Å². The lowest BCUT2D eigenvalue weighted by molar-refractivity contribution is -0.429. The number of hydrogen-bond donors (Lipinski definition) is 0. The smallest absolute Gasteiger partial charge is 0.194 e. The Hall–Kier alpha value is -2.82. The molecule has 40 heavy (non-hydrogen) atoms. The molecule has 0 aliphatic carbocycles. The first-order valence-electron chi connectivity index (χ1n) is 10.2. The summed E-state index contributed by atoms with van der Waals surface area (Å²) in [6.45, 7) is 0. The highest BCUT2D eigenvalue weighted by Crippen LogP contribution is 2.63. The first-order chi connectivity index (χ1) is 17.6. The van der Waals surface area contributed by atoms with Crippen molar-refractivity contribution in [3.63, 3.8) is 0 Å². The normalized spacial score (nSPS) is 14.9. The molecule has 0 unspecified atom stereocenters. The van der Waals surface area contributed by atoms with Gasteiger partial charge >= 0.3 is 47.9 Å². The molecule has 0 saturated heterocycles. The number of rotatable bonds is 9. The van der Waals surface area contributed by atoms with Gasteiger partial charge in [-0.25, -0.2) is 0 Å². The summed E-state index contributed by atoms with van der Waals surface area (Å²) in [6, 6.07) is -1.03. The fraction of sp³-hybridized carbons (Fsp3) is 0.455. The highest BCUT2D eigenvalue weighted by molar-refractivity contribution is 5.32. The van der Waals surface area contributed by atoms with Crippen molar-refractivity contribution in [2.75, 3.05) is 0 Å². The number of halogens is 18. The maximum Gasteiger partial charge on any atom is 0.393 e. The van der Waals surface area contributed by atoms with Crippen LogP contribution in [0.2, 0.25) is 0 Å². The molecule has 2 aromatic rings. The maximum absolute atomic E-state index is 14.3. The Morgan fingerprint density at radius 3 is 0.750 bits per heavy atom. The van der Waals surface area contributed by atoms with Crippen LogP contribution in [0.1, 0.15) is 22.3 Å². The topological polar surface area (TPSA) is 0 Å². The lowest BCUT2D eigenvalue weighted by Gasteiger charge is -2.41. The molecule has 0 aliphatic rings. The van der Waals surface area contributed by atoms with Gasteiger partial charge in [0.2, 0.25) is 0 Å². The van der Waals surface area contributed by atoms with Gasteiger partial charge in [-0.1, -0.05) is 48.5 Å². The largest absolute Gasteiger partial charge is 0.393 e. The zero-order chi connectivity index (χ0) is 31.4. The van der Waals surface area contributed by atoms with Gasteiger partial charge in [0, 0.05) is 11.1 Å². The molecule has 226 valence electrons. The van der Waals surface area contributed by atoms with Gasteiger partial charge in [-0.2, -0.15) is 79.0 Å². The Balaban J connectivity index is 2.50. The van der Waals surface area contributed by atoms with Crippen LogP contribution < -0.4 is 0 Å². The van der Waals surface area contributed by atoms with E-state index in [9.17, 15) is 79.0 Å². The van der Waals surface area contributed by atoms with Crippen LogP contribution in [-0.2, 0) is 24.7 Å². The molecule has 0 aromatic heterocycles. The summed E-state index contributed by atoms with van der Waals surface area (Å²) >= 11 is 0. The summed E-state index contributed by atoms with van der Waals surface area (Å²) in [5.41, 5.74) is -6.48. The van der Waals surface area contributed by atoms with Crippen LogP contribution in [-0.4, -0.2) is 36.0 Å². The van der Waals surface area contributed by atoms with E-state index in [-0.39, 0.29) is 48.5 Å².